The molecule has 2 aromatic carbocycles. The molecule has 0 aliphatic carbocycles. The third-order valence-corrected chi connectivity index (χ3v) is 6.06. The Morgan fingerprint density at radius 1 is 1.03 bits per heavy atom. The second-order valence-corrected chi connectivity index (χ2v) is 8.08. The van der Waals surface area contributed by atoms with Gasteiger partial charge in [0.1, 0.15) is 10.9 Å². The molecule has 0 N–H and O–H groups in total. The van der Waals surface area contributed by atoms with Crippen LogP contribution in [0.15, 0.2) is 54.6 Å². The molecule has 1 saturated heterocycles. The van der Waals surface area contributed by atoms with Gasteiger partial charge in [0.25, 0.3) is 5.91 Å². The van der Waals surface area contributed by atoms with Crippen molar-refractivity contribution in [2.45, 2.75) is 19.9 Å². The second kappa shape index (κ2) is 9.43. The quantitative estimate of drug-likeness (QED) is 0.597. The number of nitrogens with zero attached hydrogens (tertiary/aromatic N) is 4. The van der Waals surface area contributed by atoms with Crippen LogP contribution in [0.1, 0.15) is 28.0 Å². The van der Waals surface area contributed by atoms with Crippen LogP contribution >= 0.6 is 11.6 Å². The van der Waals surface area contributed by atoms with E-state index in [2.05, 4.69) is 22.1 Å². The number of amides is 1. The van der Waals surface area contributed by atoms with Crippen molar-refractivity contribution in [2.24, 2.45) is 0 Å². The summed E-state index contributed by atoms with van der Waals surface area (Å²) in [6.45, 7) is 5.40. The van der Waals surface area contributed by atoms with E-state index in [-0.39, 0.29) is 5.91 Å². The lowest BCUT2D eigenvalue weighted by atomic mass is 10.2. The maximum absolute atomic E-state index is 13.3. The first-order valence-corrected chi connectivity index (χ1v) is 10.9. The monoisotopic (exact) mass is 438 g/mol. The SMILES string of the molecule is COc1ccc(N2CCCN(C(=O)c3c(C)nn(Cc4ccccc4)c3Cl)CC2)cc1. The second-order valence-electron chi connectivity index (χ2n) is 7.73. The van der Waals surface area contributed by atoms with Crippen molar-refractivity contribution in [3.8, 4) is 5.75 Å². The molecule has 1 amide bonds. The first kappa shape index (κ1) is 21.2. The van der Waals surface area contributed by atoms with Crippen LogP contribution in [-0.4, -0.2) is 53.9 Å². The molecule has 3 aromatic rings. The Morgan fingerprint density at radius 3 is 2.48 bits per heavy atom. The molecule has 6 nitrogen and oxygen atoms in total. The lowest BCUT2D eigenvalue weighted by Gasteiger charge is -2.24. The Balaban J connectivity index is 1.47. The van der Waals surface area contributed by atoms with Gasteiger partial charge in [-0.2, -0.15) is 5.10 Å². The summed E-state index contributed by atoms with van der Waals surface area (Å²) in [7, 11) is 1.67. The van der Waals surface area contributed by atoms with Crippen molar-refractivity contribution in [1.82, 2.24) is 14.7 Å². The smallest absolute Gasteiger partial charge is 0.258 e. The van der Waals surface area contributed by atoms with Crippen LogP contribution < -0.4 is 9.64 Å². The van der Waals surface area contributed by atoms with Gasteiger partial charge in [0.2, 0.25) is 0 Å². The maximum Gasteiger partial charge on any atom is 0.258 e. The van der Waals surface area contributed by atoms with Crippen LogP contribution in [0.25, 0.3) is 0 Å². The number of benzene rings is 2. The molecule has 1 fully saturated rings. The highest BCUT2D eigenvalue weighted by Gasteiger charge is 2.27. The molecule has 0 saturated carbocycles. The summed E-state index contributed by atoms with van der Waals surface area (Å²) in [4.78, 5) is 17.5. The Hall–Kier alpha value is -2.99. The van der Waals surface area contributed by atoms with Crippen molar-refractivity contribution in [2.75, 3.05) is 38.2 Å². The molecule has 0 unspecified atom stereocenters. The Morgan fingerprint density at radius 2 is 1.77 bits per heavy atom. The molecule has 0 spiro atoms. The fourth-order valence-corrected chi connectivity index (χ4v) is 4.30. The molecule has 0 atom stereocenters. The Bertz CT molecular complexity index is 1030. The zero-order chi connectivity index (χ0) is 21.8. The van der Waals surface area contributed by atoms with Crippen LogP contribution in [0.4, 0.5) is 5.69 Å². The van der Waals surface area contributed by atoms with Gasteiger partial charge in [-0.15, -0.1) is 0 Å². The number of halogens is 1. The summed E-state index contributed by atoms with van der Waals surface area (Å²) in [5, 5.41) is 4.94. The third-order valence-electron chi connectivity index (χ3n) is 5.68. The zero-order valence-electron chi connectivity index (χ0n) is 17.9. The van der Waals surface area contributed by atoms with Gasteiger partial charge in [-0.05, 0) is 43.2 Å². The van der Waals surface area contributed by atoms with Gasteiger partial charge in [0, 0.05) is 31.9 Å². The molecule has 31 heavy (non-hydrogen) atoms. The van der Waals surface area contributed by atoms with E-state index in [1.54, 1.807) is 11.8 Å². The fraction of sp³-hybridized carbons (Fsp3) is 0.333. The van der Waals surface area contributed by atoms with Crippen molar-refractivity contribution in [3.05, 3.63) is 76.6 Å². The average molecular weight is 439 g/mol. The minimum Gasteiger partial charge on any atom is -0.497 e. The minimum absolute atomic E-state index is 0.0432. The van der Waals surface area contributed by atoms with Gasteiger partial charge >= 0.3 is 0 Å². The molecule has 7 heteroatoms. The molecule has 0 bridgehead atoms. The predicted octanol–water partition coefficient (Wildman–Crippen LogP) is 4.25. The largest absolute Gasteiger partial charge is 0.497 e. The molecule has 2 heterocycles. The van der Waals surface area contributed by atoms with Crippen molar-refractivity contribution < 1.29 is 9.53 Å². The summed E-state index contributed by atoms with van der Waals surface area (Å²) in [6.07, 6.45) is 0.895. The van der Waals surface area contributed by atoms with E-state index in [0.29, 0.717) is 36.0 Å². The van der Waals surface area contributed by atoms with E-state index in [1.807, 2.05) is 54.3 Å². The number of carbonyl (C=O) groups is 1. The van der Waals surface area contributed by atoms with Gasteiger partial charge < -0.3 is 14.5 Å². The van der Waals surface area contributed by atoms with Crippen LogP contribution in [-0.2, 0) is 6.54 Å². The van der Waals surface area contributed by atoms with Crippen LogP contribution in [0.5, 0.6) is 5.75 Å². The van der Waals surface area contributed by atoms with E-state index in [0.717, 1.165) is 36.5 Å². The lowest BCUT2D eigenvalue weighted by Crippen LogP contribution is -2.35. The van der Waals surface area contributed by atoms with Crippen LogP contribution in [0.3, 0.4) is 0 Å². The first-order valence-electron chi connectivity index (χ1n) is 10.5. The Labute approximate surface area is 188 Å². The first-order chi connectivity index (χ1) is 15.1. The highest BCUT2D eigenvalue weighted by molar-refractivity contribution is 6.33. The third kappa shape index (κ3) is 4.69. The number of hydrogen-bond acceptors (Lipinski definition) is 4. The number of ether oxygens (including phenoxy) is 1. The van der Waals surface area contributed by atoms with Crippen molar-refractivity contribution in [3.63, 3.8) is 0 Å². The fourth-order valence-electron chi connectivity index (χ4n) is 3.99. The Kier molecular flexibility index (Phi) is 6.47. The average Bonchev–Trinajstić information content (AvgIpc) is 2.96. The highest BCUT2D eigenvalue weighted by Crippen LogP contribution is 2.25. The molecule has 162 valence electrons. The molecular formula is C24H27ClN4O2. The molecule has 1 aliphatic heterocycles. The molecule has 1 aromatic heterocycles. The molecule has 1 aliphatic rings. The number of aryl methyl sites for hydroxylation is 1. The lowest BCUT2D eigenvalue weighted by molar-refractivity contribution is 0.0766. The number of carbonyl (C=O) groups excluding carboxylic acids is 1. The number of rotatable bonds is 5. The van der Waals surface area contributed by atoms with Gasteiger partial charge in [0.15, 0.2) is 0 Å². The molecule has 0 radical (unpaired) electrons. The van der Waals surface area contributed by atoms with Crippen LogP contribution in [0, 0.1) is 6.92 Å². The summed E-state index contributed by atoms with van der Waals surface area (Å²) in [5.74, 6) is 0.798. The summed E-state index contributed by atoms with van der Waals surface area (Å²) in [6, 6.07) is 18.0. The van der Waals surface area contributed by atoms with Gasteiger partial charge in [-0.1, -0.05) is 41.9 Å². The maximum atomic E-state index is 13.3. The highest BCUT2D eigenvalue weighted by atomic mass is 35.5. The topological polar surface area (TPSA) is 50.6 Å². The van der Waals surface area contributed by atoms with E-state index in [4.69, 9.17) is 16.3 Å². The number of hydrogen-bond donors (Lipinski definition) is 0. The molecular weight excluding hydrogens is 412 g/mol. The van der Waals surface area contributed by atoms with E-state index >= 15 is 0 Å². The number of methoxy groups -OCH3 is 1. The summed E-state index contributed by atoms with van der Waals surface area (Å²) >= 11 is 6.62. The minimum atomic E-state index is -0.0432. The standard InChI is InChI=1S/C24H27ClN4O2/c1-18-22(23(25)29(26-18)17-19-7-4-3-5-8-19)24(30)28-14-6-13-27(15-16-28)20-9-11-21(31-2)12-10-20/h3-5,7-12H,6,13-17H2,1-2H3. The van der Waals surface area contributed by atoms with E-state index < -0.39 is 0 Å². The number of anilines is 1. The van der Waals surface area contributed by atoms with Crippen LogP contribution in [0.2, 0.25) is 5.15 Å². The van der Waals surface area contributed by atoms with Gasteiger partial charge in [-0.3, -0.25) is 4.79 Å². The van der Waals surface area contributed by atoms with Crippen molar-refractivity contribution >= 4 is 23.2 Å². The number of aromatic nitrogens is 2. The summed E-state index contributed by atoms with van der Waals surface area (Å²) in [5.41, 5.74) is 3.41. The normalized spacial score (nSPS) is 14.4. The van der Waals surface area contributed by atoms with E-state index in [1.165, 1.54) is 0 Å². The van der Waals surface area contributed by atoms with E-state index in [9.17, 15) is 4.79 Å². The predicted molar refractivity (Wildman–Crippen MR) is 123 cm³/mol. The van der Waals surface area contributed by atoms with Gasteiger partial charge in [0.05, 0.1) is 24.9 Å². The van der Waals surface area contributed by atoms with Gasteiger partial charge in [-0.25, -0.2) is 4.68 Å². The molecule has 4 rings (SSSR count). The summed E-state index contributed by atoms with van der Waals surface area (Å²) < 4.78 is 6.96. The zero-order valence-corrected chi connectivity index (χ0v) is 18.7. The van der Waals surface area contributed by atoms with Crippen molar-refractivity contribution in [1.29, 1.82) is 0 Å².